The zero-order valence-corrected chi connectivity index (χ0v) is 17.7. The van der Waals surface area contributed by atoms with Gasteiger partial charge in [-0.15, -0.1) is 29.3 Å². The van der Waals surface area contributed by atoms with Crippen LogP contribution in [-0.4, -0.2) is 22.4 Å². The maximum Gasteiger partial charge on any atom is 0.260 e. The van der Waals surface area contributed by atoms with Crippen molar-refractivity contribution in [2.75, 3.05) is 11.4 Å². The van der Waals surface area contributed by atoms with E-state index in [4.69, 9.17) is 4.74 Å². The van der Waals surface area contributed by atoms with E-state index in [1.54, 1.807) is 40.8 Å². The minimum absolute atomic E-state index is 0.130. The van der Waals surface area contributed by atoms with Crippen molar-refractivity contribution >= 4 is 33.7 Å². The van der Waals surface area contributed by atoms with Gasteiger partial charge in [0.15, 0.2) is 5.13 Å². The van der Waals surface area contributed by atoms with E-state index in [0.29, 0.717) is 29.6 Å². The van der Waals surface area contributed by atoms with Gasteiger partial charge >= 0.3 is 0 Å². The molecule has 150 valence electrons. The molecule has 0 spiro atoms. The van der Waals surface area contributed by atoms with Gasteiger partial charge in [-0.05, 0) is 24.3 Å². The second kappa shape index (κ2) is 9.47. The molecule has 30 heavy (non-hydrogen) atoms. The van der Waals surface area contributed by atoms with E-state index in [0.717, 1.165) is 17.0 Å². The van der Waals surface area contributed by atoms with Crippen molar-refractivity contribution < 1.29 is 9.53 Å². The standard InChI is InChI=1S/C23H19N3O2S2/c1-2-12-26(23-25-21(15-30-23)17-6-4-3-5-7-17)22(27)18-8-10-20(11-9-18)28-13-19-14-29-16-24-19/h2-11,14-16H,1,12-13H2. The first-order chi connectivity index (χ1) is 14.7. The predicted octanol–water partition coefficient (Wildman–Crippen LogP) is 5.68. The molecular formula is C23H19N3O2S2. The lowest BCUT2D eigenvalue weighted by molar-refractivity contribution is 0.0989. The number of rotatable bonds is 8. The van der Waals surface area contributed by atoms with Gasteiger partial charge in [0.1, 0.15) is 12.4 Å². The van der Waals surface area contributed by atoms with Crippen LogP contribution in [0.5, 0.6) is 5.75 Å². The predicted molar refractivity (Wildman–Crippen MR) is 122 cm³/mol. The summed E-state index contributed by atoms with van der Waals surface area (Å²) in [6.07, 6.45) is 1.70. The fourth-order valence-corrected chi connectivity index (χ4v) is 4.21. The van der Waals surface area contributed by atoms with Gasteiger partial charge < -0.3 is 4.74 Å². The van der Waals surface area contributed by atoms with Gasteiger partial charge in [-0.1, -0.05) is 36.4 Å². The normalized spacial score (nSPS) is 10.5. The minimum Gasteiger partial charge on any atom is -0.487 e. The fraction of sp³-hybridized carbons (Fsp3) is 0.0870. The monoisotopic (exact) mass is 433 g/mol. The first-order valence-electron chi connectivity index (χ1n) is 9.28. The fourth-order valence-electron chi connectivity index (χ4n) is 2.82. The molecule has 0 fully saturated rings. The van der Waals surface area contributed by atoms with Crippen molar-refractivity contribution in [1.82, 2.24) is 9.97 Å². The number of ether oxygens (including phenoxy) is 1. The molecule has 0 N–H and O–H groups in total. The Kier molecular flexibility index (Phi) is 6.32. The Hall–Kier alpha value is -3.29. The number of hydrogen-bond donors (Lipinski definition) is 0. The number of amides is 1. The molecule has 0 aliphatic rings. The number of nitrogens with zero attached hydrogens (tertiary/aromatic N) is 3. The van der Waals surface area contributed by atoms with Crippen LogP contribution in [0.15, 0.2) is 83.5 Å². The van der Waals surface area contributed by atoms with Crippen LogP contribution in [0.4, 0.5) is 5.13 Å². The number of thiazole rings is 2. The van der Waals surface area contributed by atoms with Gasteiger partial charge in [-0.2, -0.15) is 0 Å². The topological polar surface area (TPSA) is 55.3 Å². The Morgan fingerprint density at radius 1 is 1.10 bits per heavy atom. The Labute approximate surface area is 182 Å². The summed E-state index contributed by atoms with van der Waals surface area (Å²) in [5.74, 6) is 0.561. The van der Waals surface area contributed by atoms with Crippen LogP contribution in [0, 0.1) is 0 Å². The van der Waals surface area contributed by atoms with E-state index in [1.807, 2.05) is 41.1 Å². The van der Waals surface area contributed by atoms with Crippen molar-refractivity contribution in [3.05, 3.63) is 94.8 Å². The van der Waals surface area contributed by atoms with Gasteiger partial charge in [0, 0.05) is 28.4 Å². The number of aromatic nitrogens is 2. The van der Waals surface area contributed by atoms with Crippen LogP contribution in [0.3, 0.4) is 0 Å². The number of anilines is 1. The van der Waals surface area contributed by atoms with E-state index in [-0.39, 0.29) is 5.91 Å². The molecule has 5 nitrogen and oxygen atoms in total. The Bertz CT molecular complexity index is 1110. The molecule has 0 aliphatic carbocycles. The third-order valence-corrected chi connectivity index (χ3v) is 5.82. The zero-order chi connectivity index (χ0) is 20.8. The van der Waals surface area contributed by atoms with E-state index in [9.17, 15) is 4.79 Å². The van der Waals surface area contributed by atoms with Crippen molar-refractivity contribution in [1.29, 1.82) is 0 Å². The first kappa shape index (κ1) is 20.0. The molecular weight excluding hydrogens is 414 g/mol. The van der Waals surface area contributed by atoms with E-state index >= 15 is 0 Å². The molecule has 4 rings (SSSR count). The third-order valence-electron chi connectivity index (χ3n) is 4.32. The summed E-state index contributed by atoms with van der Waals surface area (Å²) >= 11 is 2.97. The molecule has 1 amide bonds. The van der Waals surface area contributed by atoms with Crippen LogP contribution in [0.25, 0.3) is 11.3 Å². The molecule has 0 saturated heterocycles. The molecule has 0 aliphatic heterocycles. The highest BCUT2D eigenvalue weighted by atomic mass is 32.1. The number of carbonyl (C=O) groups excluding carboxylic acids is 1. The number of carbonyl (C=O) groups is 1. The molecule has 4 aromatic rings. The Morgan fingerprint density at radius 2 is 1.90 bits per heavy atom. The van der Waals surface area contributed by atoms with Crippen molar-refractivity contribution in [3.8, 4) is 17.0 Å². The molecule has 0 unspecified atom stereocenters. The maximum absolute atomic E-state index is 13.1. The molecule has 2 aromatic carbocycles. The summed E-state index contributed by atoms with van der Waals surface area (Å²) in [6.45, 7) is 4.57. The summed E-state index contributed by atoms with van der Waals surface area (Å²) in [5.41, 5.74) is 5.09. The van der Waals surface area contributed by atoms with E-state index in [2.05, 4.69) is 16.5 Å². The van der Waals surface area contributed by atoms with Crippen LogP contribution in [0.1, 0.15) is 16.1 Å². The average molecular weight is 434 g/mol. The largest absolute Gasteiger partial charge is 0.487 e. The van der Waals surface area contributed by atoms with Crippen LogP contribution >= 0.6 is 22.7 Å². The quantitative estimate of drug-likeness (QED) is 0.336. The molecule has 2 heterocycles. The number of hydrogen-bond acceptors (Lipinski definition) is 6. The lowest BCUT2D eigenvalue weighted by atomic mass is 10.2. The van der Waals surface area contributed by atoms with Gasteiger partial charge in [-0.25, -0.2) is 9.97 Å². The number of benzene rings is 2. The van der Waals surface area contributed by atoms with Crippen molar-refractivity contribution in [2.45, 2.75) is 6.61 Å². The lowest BCUT2D eigenvalue weighted by Crippen LogP contribution is -2.30. The van der Waals surface area contributed by atoms with E-state index < -0.39 is 0 Å². The summed E-state index contributed by atoms with van der Waals surface area (Å²) in [4.78, 5) is 23.6. The molecule has 0 bridgehead atoms. The summed E-state index contributed by atoms with van der Waals surface area (Å²) in [7, 11) is 0. The van der Waals surface area contributed by atoms with Crippen molar-refractivity contribution in [2.24, 2.45) is 0 Å². The molecule has 0 radical (unpaired) electrons. The highest BCUT2D eigenvalue weighted by Gasteiger charge is 2.20. The summed E-state index contributed by atoms with van der Waals surface area (Å²) in [6, 6.07) is 17.0. The van der Waals surface area contributed by atoms with Gasteiger partial charge in [-0.3, -0.25) is 9.69 Å². The second-order valence-electron chi connectivity index (χ2n) is 6.38. The minimum atomic E-state index is -0.130. The van der Waals surface area contributed by atoms with Crippen LogP contribution in [0.2, 0.25) is 0 Å². The Morgan fingerprint density at radius 3 is 2.60 bits per heavy atom. The second-order valence-corrected chi connectivity index (χ2v) is 7.93. The first-order valence-corrected chi connectivity index (χ1v) is 11.1. The molecule has 2 aromatic heterocycles. The van der Waals surface area contributed by atoms with E-state index in [1.165, 1.54) is 22.7 Å². The smallest absolute Gasteiger partial charge is 0.260 e. The van der Waals surface area contributed by atoms with Gasteiger partial charge in [0.05, 0.1) is 16.9 Å². The van der Waals surface area contributed by atoms with Crippen LogP contribution in [-0.2, 0) is 6.61 Å². The SMILES string of the molecule is C=CCN(C(=O)c1ccc(OCc2cscn2)cc1)c1nc(-c2ccccc2)cs1. The van der Waals surface area contributed by atoms with Crippen LogP contribution < -0.4 is 9.64 Å². The lowest BCUT2D eigenvalue weighted by Gasteiger charge is -2.18. The maximum atomic E-state index is 13.1. The average Bonchev–Trinajstić information content (AvgIpc) is 3.49. The third kappa shape index (κ3) is 4.64. The Balaban J connectivity index is 1.49. The molecule has 7 heteroatoms. The van der Waals surface area contributed by atoms with Gasteiger partial charge in [0.2, 0.25) is 0 Å². The molecule has 0 atom stereocenters. The summed E-state index contributed by atoms with van der Waals surface area (Å²) in [5, 5.41) is 4.55. The highest BCUT2D eigenvalue weighted by Crippen LogP contribution is 2.28. The van der Waals surface area contributed by atoms with Gasteiger partial charge in [0.25, 0.3) is 5.91 Å². The molecule has 0 saturated carbocycles. The summed E-state index contributed by atoms with van der Waals surface area (Å²) < 4.78 is 5.72. The van der Waals surface area contributed by atoms with Crippen molar-refractivity contribution in [3.63, 3.8) is 0 Å². The zero-order valence-electron chi connectivity index (χ0n) is 16.1. The highest BCUT2D eigenvalue weighted by molar-refractivity contribution is 7.14.